The Bertz CT molecular complexity index is 193. The quantitative estimate of drug-likeness (QED) is 0.282. The number of unbranched alkanes of at least 4 members (excludes halogenated alkanes) is 8. The Labute approximate surface area is 117 Å². The number of methoxy groups -OCH3 is 1. The van der Waals surface area contributed by atoms with Gasteiger partial charge in [0, 0.05) is 11.8 Å². The number of hydrogen-bond donors (Lipinski definition) is 0. The van der Waals surface area contributed by atoms with Crippen molar-refractivity contribution in [2.75, 3.05) is 7.11 Å². The average molecular weight is 277 g/mol. The zero-order chi connectivity index (χ0) is 13.6. The van der Waals surface area contributed by atoms with Crippen molar-refractivity contribution in [3.05, 3.63) is 0 Å². The second-order valence-corrected chi connectivity index (χ2v) is 5.82. The van der Waals surface area contributed by atoms with Crippen LogP contribution in [0.2, 0.25) is 0 Å². The molecule has 0 spiro atoms. The molecule has 1 atom stereocenters. The van der Waals surface area contributed by atoms with E-state index in [1.807, 2.05) is 0 Å². The average Bonchev–Trinajstić information content (AvgIpc) is 2.35. The lowest BCUT2D eigenvalue weighted by molar-refractivity contribution is -0.140. The maximum absolute atomic E-state index is 10.9. The highest BCUT2D eigenvalue weighted by molar-refractivity contribution is 6.20. The maximum Gasteiger partial charge on any atom is 0.305 e. The molecule has 0 heterocycles. The van der Waals surface area contributed by atoms with Crippen molar-refractivity contribution in [3.63, 3.8) is 0 Å². The zero-order valence-corrected chi connectivity index (χ0v) is 12.8. The molecular formula is C15H29ClO2. The van der Waals surface area contributed by atoms with Crippen LogP contribution in [0.5, 0.6) is 0 Å². The fourth-order valence-electron chi connectivity index (χ4n) is 2.03. The molecule has 1 unspecified atom stereocenters. The second kappa shape index (κ2) is 13.2. The van der Waals surface area contributed by atoms with Crippen LogP contribution in [-0.2, 0) is 9.53 Å². The molecule has 0 aromatic carbocycles. The lowest BCUT2D eigenvalue weighted by atomic mass is 10.1. The highest BCUT2D eigenvalue weighted by Crippen LogP contribution is 2.13. The van der Waals surface area contributed by atoms with Crippen molar-refractivity contribution >= 4 is 17.6 Å². The fourth-order valence-corrected chi connectivity index (χ4v) is 2.19. The predicted molar refractivity (Wildman–Crippen MR) is 78.1 cm³/mol. The number of rotatable bonds is 12. The first-order chi connectivity index (χ1) is 8.66. The number of esters is 1. The molecule has 0 aliphatic rings. The number of hydrogen-bond acceptors (Lipinski definition) is 2. The SMILES string of the molecule is COC(=O)CCCCCCCCCCCC(C)Cl. The third-order valence-electron chi connectivity index (χ3n) is 3.21. The van der Waals surface area contributed by atoms with E-state index in [2.05, 4.69) is 11.7 Å². The summed E-state index contributed by atoms with van der Waals surface area (Å²) < 4.78 is 4.60. The molecule has 0 saturated carbocycles. The van der Waals surface area contributed by atoms with Gasteiger partial charge in [-0.05, 0) is 19.8 Å². The van der Waals surface area contributed by atoms with E-state index in [0.29, 0.717) is 11.8 Å². The number of alkyl halides is 1. The Morgan fingerprint density at radius 2 is 1.39 bits per heavy atom. The topological polar surface area (TPSA) is 26.3 Å². The standard InChI is InChI=1S/C15H29ClO2/c1-14(16)12-10-8-6-4-3-5-7-9-11-13-15(17)18-2/h14H,3-13H2,1-2H3. The molecule has 0 bridgehead atoms. The molecule has 0 aromatic heterocycles. The highest BCUT2D eigenvalue weighted by Gasteiger charge is 1.99. The van der Waals surface area contributed by atoms with Crippen LogP contribution in [-0.4, -0.2) is 18.5 Å². The van der Waals surface area contributed by atoms with E-state index in [-0.39, 0.29) is 5.97 Å². The summed E-state index contributed by atoms with van der Waals surface area (Å²) in [6.45, 7) is 2.07. The zero-order valence-electron chi connectivity index (χ0n) is 12.0. The summed E-state index contributed by atoms with van der Waals surface area (Å²) in [4.78, 5) is 10.9. The van der Waals surface area contributed by atoms with Crippen LogP contribution in [0.15, 0.2) is 0 Å². The van der Waals surface area contributed by atoms with Crippen LogP contribution in [0.4, 0.5) is 0 Å². The molecule has 0 fully saturated rings. The van der Waals surface area contributed by atoms with Gasteiger partial charge in [0.15, 0.2) is 0 Å². The minimum Gasteiger partial charge on any atom is -0.469 e. The Kier molecular flexibility index (Phi) is 13.0. The van der Waals surface area contributed by atoms with Gasteiger partial charge in [0.05, 0.1) is 7.11 Å². The van der Waals surface area contributed by atoms with Crippen molar-refractivity contribution in [3.8, 4) is 0 Å². The Balaban J connectivity index is 3.01. The number of carbonyl (C=O) groups is 1. The first kappa shape index (κ1) is 17.8. The molecule has 0 aliphatic carbocycles. The van der Waals surface area contributed by atoms with Crippen molar-refractivity contribution in [1.82, 2.24) is 0 Å². The first-order valence-corrected chi connectivity index (χ1v) is 7.81. The predicted octanol–water partition coefficient (Wildman–Crippen LogP) is 5.08. The second-order valence-electron chi connectivity index (χ2n) is 5.08. The molecule has 0 N–H and O–H groups in total. The monoisotopic (exact) mass is 276 g/mol. The Morgan fingerprint density at radius 3 is 1.83 bits per heavy atom. The molecular weight excluding hydrogens is 248 g/mol. The number of halogens is 1. The molecule has 0 radical (unpaired) electrons. The van der Waals surface area contributed by atoms with Crippen LogP contribution in [0.1, 0.15) is 77.6 Å². The van der Waals surface area contributed by atoms with E-state index in [9.17, 15) is 4.79 Å². The summed E-state index contributed by atoms with van der Waals surface area (Å²) in [7, 11) is 1.45. The minimum atomic E-state index is -0.0801. The third kappa shape index (κ3) is 13.8. The third-order valence-corrected chi connectivity index (χ3v) is 3.43. The van der Waals surface area contributed by atoms with Gasteiger partial charge in [-0.25, -0.2) is 0 Å². The molecule has 18 heavy (non-hydrogen) atoms. The van der Waals surface area contributed by atoms with Crippen LogP contribution in [0.3, 0.4) is 0 Å². The van der Waals surface area contributed by atoms with E-state index in [1.165, 1.54) is 52.1 Å². The molecule has 0 rings (SSSR count). The van der Waals surface area contributed by atoms with E-state index >= 15 is 0 Å². The van der Waals surface area contributed by atoms with Crippen LogP contribution in [0.25, 0.3) is 0 Å². The summed E-state index contributed by atoms with van der Waals surface area (Å²) >= 11 is 5.89. The largest absolute Gasteiger partial charge is 0.469 e. The van der Waals surface area contributed by atoms with Crippen LogP contribution < -0.4 is 0 Å². The van der Waals surface area contributed by atoms with Gasteiger partial charge in [-0.3, -0.25) is 4.79 Å². The molecule has 0 aromatic rings. The fraction of sp³-hybridized carbons (Fsp3) is 0.933. The summed E-state index contributed by atoms with van der Waals surface area (Å²) in [5, 5.41) is 0.333. The van der Waals surface area contributed by atoms with E-state index in [4.69, 9.17) is 11.6 Å². The maximum atomic E-state index is 10.9. The van der Waals surface area contributed by atoms with Crippen LogP contribution >= 0.6 is 11.6 Å². The van der Waals surface area contributed by atoms with Crippen molar-refractivity contribution in [2.24, 2.45) is 0 Å². The van der Waals surface area contributed by atoms with Crippen LogP contribution in [0, 0.1) is 0 Å². The number of carbonyl (C=O) groups excluding carboxylic acids is 1. The van der Waals surface area contributed by atoms with Gasteiger partial charge in [0.1, 0.15) is 0 Å². The van der Waals surface area contributed by atoms with Gasteiger partial charge in [-0.15, -0.1) is 11.6 Å². The van der Waals surface area contributed by atoms with Gasteiger partial charge < -0.3 is 4.74 Å². The lowest BCUT2D eigenvalue weighted by Crippen LogP contribution is -1.99. The highest BCUT2D eigenvalue weighted by atomic mass is 35.5. The lowest BCUT2D eigenvalue weighted by Gasteiger charge is -2.03. The van der Waals surface area contributed by atoms with Gasteiger partial charge in [0.2, 0.25) is 0 Å². The van der Waals surface area contributed by atoms with E-state index in [1.54, 1.807) is 0 Å². The normalized spacial score (nSPS) is 12.4. The van der Waals surface area contributed by atoms with Gasteiger partial charge in [-0.2, -0.15) is 0 Å². The summed E-state index contributed by atoms with van der Waals surface area (Å²) in [6, 6.07) is 0. The van der Waals surface area contributed by atoms with E-state index < -0.39 is 0 Å². The minimum absolute atomic E-state index is 0.0801. The van der Waals surface area contributed by atoms with Gasteiger partial charge in [-0.1, -0.05) is 51.4 Å². The molecule has 108 valence electrons. The van der Waals surface area contributed by atoms with Crippen molar-refractivity contribution in [1.29, 1.82) is 0 Å². The van der Waals surface area contributed by atoms with Crippen molar-refractivity contribution < 1.29 is 9.53 Å². The molecule has 0 saturated heterocycles. The first-order valence-electron chi connectivity index (χ1n) is 7.37. The van der Waals surface area contributed by atoms with Gasteiger partial charge in [0.25, 0.3) is 0 Å². The van der Waals surface area contributed by atoms with Crippen molar-refractivity contribution in [2.45, 2.75) is 82.9 Å². The molecule has 2 nitrogen and oxygen atoms in total. The van der Waals surface area contributed by atoms with Gasteiger partial charge >= 0.3 is 5.97 Å². The smallest absolute Gasteiger partial charge is 0.305 e. The molecule has 0 amide bonds. The molecule has 0 aliphatic heterocycles. The summed E-state index contributed by atoms with van der Waals surface area (Å²) in [5.41, 5.74) is 0. The molecule has 3 heteroatoms. The summed E-state index contributed by atoms with van der Waals surface area (Å²) in [5.74, 6) is -0.0801. The number of ether oxygens (including phenoxy) is 1. The Morgan fingerprint density at radius 1 is 0.944 bits per heavy atom. The summed E-state index contributed by atoms with van der Waals surface area (Å²) in [6.07, 6.45) is 13.0. The Hall–Kier alpha value is -0.240. The van der Waals surface area contributed by atoms with E-state index in [0.717, 1.165) is 19.3 Å².